The van der Waals surface area contributed by atoms with Crippen LogP contribution in [0, 0.1) is 0 Å². The molecule has 1 fully saturated rings. The van der Waals surface area contributed by atoms with Crippen LogP contribution in [0.5, 0.6) is 0 Å². The standard InChI is InChI=1S/C13H17F3N2O.ClH/c14-13(15,16)11-3-1-10(2-4-11)12(9-19)18-7-5-17-6-8-18;/h1-4,12,17,19H,5-9H2;1H/t12-;/m1./s1. The van der Waals surface area contributed by atoms with Crippen molar-refractivity contribution < 1.29 is 18.3 Å². The summed E-state index contributed by atoms with van der Waals surface area (Å²) < 4.78 is 37.5. The zero-order valence-electron chi connectivity index (χ0n) is 10.9. The summed E-state index contributed by atoms with van der Waals surface area (Å²) in [7, 11) is 0. The van der Waals surface area contributed by atoms with Gasteiger partial charge in [0, 0.05) is 26.2 Å². The lowest BCUT2D eigenvalue weighted by atomic mass is 10.0. The molecule has 0 spiro atoms. The maximum Gasteiger partial charge on any atom is 0.416 e. The van der Waals surface area contributed by atoms with E-state index in [1.165, 1.54) is 12.1 Å². The van der Waals surface area contributed by atoms with E-state index >= 15 is 0 Å². The van der Waals surface area contributed by atoms with Crippen LogP contribution in [-0.4, -0.2) is 42.8 Å². The highest BCUT2D eigenvalue weighted by Gasteiger charge is 2.30. The molecule has 2 rings (SSSR count). The van der Waals surface area contributed by atoms with Gasteiger partial charge in [-0.1, -0.05) is 12.1 Å². The van der Waals surface area contributed by atoms with Gasteiger partial charge in [-0.25, -0.2) is 0 Å². The second-order valence-corrected chi connectivity index (χ2v) is 4.60. The number of piperazine rings is 1. The van der Waals surface area contributed by atoms with E-state index in [1.54, 1.807) is 0 Å². The van der Waals surface area contributed by atoms with Gasteiger partial charge < -0.3 is 10.4 Å². The van der Waals surface area contributed by atoms with E-state index in [2.05, 4.69) is 10.2 Å². The summed E-state index contributed by atoms with van der Waals surface area (Å²) in [5, 5.41) is 12.7. The Morgan fingerprint density at radius 2 is 1.70 bits per heavy atom. The van der Waals surface area contributed by atoms with Crippen molar-refractivity contribution in [1.29, 1.82) is 0 Å². The van der Waals surface area contributed by atoms with Gasteiger partial charge in [0.2, 0.25) is 0 Å². The lowest BCUT2D eigenvalue weighted by Crippen LogP contribution is -2.46. The Balaban J connectivity index is 0.00000200. The highest BCUT2D eigenvalue weighted by molar-refractivity contribution is 5.85. The molecule has 0 radical (unpaired) electrons. The molecule has 114 valence electrons. The van der Waals surface area contributed by atoms with Crippen LogP contribution < -0.4 is 5.32 Å². The molecule has 0 amide bonds. The number of nitrogens with one attached hydrogen (secondary N) is 1. The Morgan fingerprint density at radius 3 is 2.15 bits per heavy atom. The van der Waals surface area contributed by atoms with Crippen molar-refractivity contribution in [2.75, 3.05) is 32.8 Å². The van der Waals surface area contributed by atoms with Gasteiger partial charge in [0.05, 0.1) is 18.2 Å². The second kappa shape index (κ2) is 7.26. The number of alkyl halides is 3. The highest BCUT2D eigenvalue weighted by atomic mass is 35.5. The number of hydrogen-bond donors (Lipinski definition) is 2. The van der Waals surface area contributed by atoms with Gasteiger partial charge in [-0.3, -0.25) is 4.90 Å². The van der Waals surface area contributed by atoms with Crippen LogP contribution in [0.15, 0.2) is 24.3 Å². The third-order valence-corrected chi connectivity index (χ3v) is 3.39. The molecule has 0 aromatic heterocycles. The Bertz CT molecular complexity index is 405. The topological polar surface area (TPSA) is 35.5 Å². The number of rotatable bonds is 3. The molecular weight excluding hydrogens is 293 g/mol. The minimum absolute atomic E-state index is 0. The van der Waals surface area contributed by atoms with E-state index in [0.717, 1.165) is 43.9 Å². The van der Waals surface area contributed by atoms with E-state index in [4.69, 9.17) is 0 Å². The summed E-state index contributed by atoms with van der Waals surface area (Å²) in [6.07, 6.45) is -4.32. The second-order valence-electron chi connectivity index (χ2n) is 4.60. The van der Waals surface area contributed by atoms with Crippen LogP contribution in [0.4, 0.5) is 13.2 Å². The predicted octanol–water partition coefficient (Wildman–Crippen LogP) is 2.07. The first-order valence-corrected chi connectivity index (χ1v) is 6.25. The van der Waals surface area contributed by atoms with Crippen molar-refractivity contribution in [1.82, 2.24) is 10.2 Å². The van der Waals surface area contributed by atoms with Crippen molar-refractivity contribution in [3.63, 3.8) is 0 Å². The molecule has 0 aliphatic carbocycles. The summed E-state index contributed by atoms with van der Waals surface area (Å²) in [5.41, 5.74) is 0.0608. The quantitative estimate of drug-likeness (QED) is 0.897. The van der Waals surface area contributed by atoms with E-state index in [1.807, 2.05) is 0 Å². The molecule has 0 saturated carbocycles. The highest BCUT2D eigenvalue weighted by Crippen LogP contribution is 2.30. The molecule has 7 heteroatoms. The predicted molar refractivity (Wildman–Crippen MR) is 73.0 cm³/mol. The number of halogens is 4. The fraction of sp³-hybridized carbons (Fsp3) is 0.538. The number of aliphatic hydroxyl groups excluding tert-OH is 1. The van der Waals surface area contributed by atoms with Crippen LogP contribution in [0.1, 0.15) is 17.2 Å². The van der Waals surface area contributed by atoms with Gasteiger partial charge in [-0.05, 0) is 17.7 Å². The smallest absolute Gasteiger partial charge is 0.394 e. The van der Waals surface area contributed by atoms with Crippen LogP contribution >= 0.6 is 12.4 Å². The third-order valence-electron chi connectivity index (χ3n) is 3.39. The van der Waals surface area contributed by atoms with Crippen molar-refractivity contribution >= 4 is 12.4 Å². The minimum Gasteiger partial charge on any atom is -0.394 e. The molecule has 2 N–H and O–H groups in total. The number of aliphatic hydroxyl groups is 1. The molecule has 0 unspecified atom stereocenters. The maximum atomic E-state index is 12.5. The van der Waals surface area contributed by atoms with Gasteiger partial charge in [0.1, 0.15) is 0 Å². The normalized spacial score (nSPS) is 18.4. The number of benzene rings is 1. The molecule has 1 atom stereocenters. The van der Waals surface area contributed by atoms with Crippen LogP contribution in [-0.2, 0) is 6.18 Å². The Kier molecular flexibility index (Phi) is 6.26. The zero-order valence-corrected chi connectivity index (χ0v) is 11.7. The Labute approximate surface area is 122 Å². The Morgan fingerprint density at radius 1 is 1.15 bits per heavy atom. The van der Waals surface area contributed by atoms with Crippen molar-refractivity contribution in [2.45, 2.75) is 12.2 Å². The lowest BCUT2D eigenvalue weighted by molar-refractivity contribution is -0.137. The maximum absolute atomic E-state index is 12.5. The van der Waals surface area contributed by atoms with E-state index < -0.39 is 11.7 Å². The molecule has 1 aromatic rings. The monoisotopic (exact) mass is 310 g/mol. The van der Waals surface area contributed by atoms with Crippen LogP contribution in [0.25, 0.3) is 0 Å². The summed E-state index contributed by atoms with van der Waals surface area (Å²) >= 11 is 0. The summed E-state index contributed by atoms with van der Waals surface area (Å²) in [5.74, 6) is 0. The molecular formula is C13H18ClF3N2O. The third kappa shape index (κ3) is 4.09. The Hall–Kier alpha value is -0.820. The van der Waals surface area contributed by atoms with Gasteiger partial charge in [-0.15, -0.1) is 12.4 Å². The van der Waals surface area contributed by atoms with Crippen molar-refractivity contribution in [3.8, 4) is 0 Å². The first-order valence-electron chi connectivity index (χ1n) is 6.25. The number of hydrogen-bond acceptors (Lipinski definition) is 3. The lowest BCUT2D eigenvalue weighted by Gasteiger charge is -2.34. The van der Waals surface area contributed by atoms with Crippen molar-refractivity contribution in [2.24, 2.45) is 0 Å². The molecule has 0 bridgehead atoms. The fourth-order valence-corrected chi connectivity index (χ4v) is 2.32. The molecule has 1 saturated heterocycles. The molecule has 1 heterocycles. The van der Waals surface area contributed by atoms with Crippen LogP contribution in [0.3, 0.4) is 0 Å². The SMILES string of the molecule is Cl.OC[C@H](c1ccc(C(F)(F)F)cc1)N1CCNCC1. The summed E-state index contributed by atoms with van der Waals surface area (Å²) in [6.45, 7) is 3.14. The van der Waals surface area contributed by atoms with Crippen LogP contribution in [0.2, 0.25) is 0 Å². The van der Waals surface area contributed by atoms with E-state index in [9.17, 15) is 18.3 Å². The molecule has 1 aliphatic heterocycles. The molecule has 1 aliphatic rings. The average molecular weight is 311 g/mol. The first-order chi connectivity index (χ1) is 9.02. The zero-order chi connectivity index (χ0) is 13.9. The summed E-state index contributed by atoms with van der Waals surface area (Å²) in [6, 6.07) is 4.81. The minimum atomic E-state index is -4.32. The van der Waals surface area contributed by atoms with Gasteiger partial charge in [-0.2, -0.15) is 13.2 Å². The summed E-state index contributed by atoms with van der Waals surface area (Å²) in [4.78, 5) is 2.08. The van der Waals surface area contributed by atoms with E-state index in [-0.39, 0.29) is 25.1 Å². The van der Waals surface area contributed by atoms with Gasteiger partial charge >= 0.3 is 6.18 Å². The average Bonchev–Trinajstić information content (AvgIpc) is 2.40. The molecule has 3 nitrogen and oxygen atoms in total. The molecule has 20 heavy (non-hydrogen) atoms. The van der Waals surface area contributed by atoms with Crippen molar-refractivity contribution in [3.05, 3.63) is 35.4 Å². The first kappa shape index (κ1) is 17.2. The van der Waals surface area contributed by atoms with Gasteiger partial charge in [0.15, 0.2) is 0 Å². The fourth-order valence-electron chi connectivity index (χ4n) is 2.32. The number of nitrogens with zero attached hydrogens (tertiary/aromatic N) is 1. The van der Waals surface area contributed by atoms with E-state index in [0.29, 0.717) is 0 Å². The van der Waals surface area contributed by atoms with Gasteiger partial charge in [0.25, 0.3) is 0 Å². The molecule has 1 aromatic carbocycles. The largest absolute Gasteiger partial charge is 0.416 e.